The number of anilines is 1. The molecule has 1 heterocycles. The Hall–Kier alpha value is -2.02. The number of phenolic OH excluding ortho intramolecular Hbond substituents is 1. The van der Waals surface area contributed by atoms with Crippen LogP contribution in [0.1, 0.15) is 18.4 Å². The summed E-state index contributed by atoms with van der Waals surface area (Å²) in [6, 6.07) is 4.90. The lowest BCUT2D eigenvalue weighted by Crippen LogP contribution is -2.14. The van der Waals surface area contributed by atoms with E-state index in [1.54, 1.807) is 25.1 Å². The van der Waals surface area contributed by atoms with E-state index >= 15 is 0 Å². The van der Waals surface area contributed by atoms with E-state index in [9.17, 15) is 9.90 Å². The Morgan fingerprint density at radius 3 is 2.90 bits per heavy atom. The first kappa shape index (κ1) is 14.4. The average molecular weight is 293 g/mol. The minimum atomic E-state index is -0.170. The summed E-state index contributed by atoms with van der Waals surface area (Å²) < 4.78 is 5.30. The number of nitrogens with one attached hydrogen (secondary N) is 1. The standard InChI is InChI=1S/C13H15N3O3S/c1-3-12-15-16-13(19-12)20-7-11(18)14-9-4-5-10(17)8(2)6-9/h4-6,17H,3,7H2,1-2H3,(H,14,18). The van der Waals surface area contributed by atoms with Crippen LogP contribution in [-0.2, 0) is 11.2 Å². The summed E-state index contributed by atoms with van der Waals surface area (Å²) in [5.41, 5.74) is 1.35. The molecule has 0 spiro atoms. The number of carbonyl (C=O) groups is 1. The van der Waals surface area contributed by atoms with E-state index in [0.717, 1.165) is 0 Å². The molecular weight excluding hydrogens is 278 g/mol. The molecule has 2 aromatic rings. The number of hydrogen-bond acceptors (Lipinski definition) is 6. The van der Waals surface area contributed by atoms with Crippen LogP contribution in [0.3, 0.4) is 0 Å². The lowest BCUT2D eigenvalue weighted by atomic mass is 10.2. The number of amides is 1. The average Bonchev–Trinajstić information content (AvgIpc) is 2.89. The Kier molecular flexibility index (Phi) is 4.62. The normalized spacial score (nSPS) is 10.5. The van der Waals surface area contributed by atoms with Gasteiger partial charge in [0.2, 0.25) is 11.8 Å². The molecule has 0 fully saturated rings. The molecule has 0 unspecified atom stereocenters. The SMILES string of the molecule is CCc1nnc(SCC(=O)Nc2ccc(O)c(C)c2)o1. The van der Waals surface area contributed by atoms with Crippen LogP contribution >= 0.6 is 11.8 Å². The van der Waals surface area contributed by atoms with Gasteiger partial charge in [0.15, 0.2) is 0 Å². The number of carbonyl (C=O) groups excluding carboxylic acids is 1. The first-order chi connectivity index (χ1) is 9.58. The van der Waals surface area contributed by atoms with E-state index < -0.39 is 0 Å². The Labute approximate surface area is 120 Å². The van der Waals surface area contributed by atoms with Crippen LogP contribution in [0.4, 0.5) is 5.69 Å². The molecule has 0 radical (unpaired) electrons. The molecule has 0 aliphatic rings. The van der Waals surface area contributed by atoms with Crippen LogP contribution in [0.2, 0.25) is 0 Å². The Balaban J connectivity index is 1.87. The van der Waals surface area contributed by atoms with Gasteiger partial charge in [-0.05, 0) is 30.7 Å². The molecule has 106 valence electrons. The van der Waals surface area contributed by atoms with E-state index in [4.69, 9.17) is 4.42 Å². The third-order valence-corrected chi connectivity index (χ3v) is 3.38. The summed E-state index contributed by atoms with van der Waals surface area (Å²) in [4.78, 5) is 11.8. The van der Waals surface area contributed by atoms with E-state index in [2.05, 4.69) is 15.5 Å². The molecule has 2 N–H and O–H groups in total. The van der Waals surface area contributed by atoms with Gasteiger partial charge in [0.1, 0.15) is 5.75 Å². The zero-order chi connectivity index (χ0) is 14.5. The van der Waals surface area contributed by atoms with Gasteiger partial charge in [-0.25, -0.2) is 0 Å². The van der Waals surface area contributed by atoms with Crippen molar-refractivity contribution in [2.24, 2.45) is 0 Å². The molecule has 1 aromatic carbocycles. The van der Waals surface area contributed by atoms with Gasteiger partial charge in [-0.1, -0.05) is 18.7 Å². The minimum absolute atomic E-state index is 0.170. The van der Waals surface area contributed by atoms with Crippen molar-refractivity contribution in [1.82, 2.24) is 10.2 Å². The van der Waals surface area contributed by atoms with Gasteiger partial charge in [-0.3, -0.25) is 4.79 Å². The zero-order valence-electron chi connectivity index (χ0n) is 11.2. The van der Waals surface area contributed by atoms with E-state index in [0.29, 0.717) is 28.8 Å². The number of nitrogens with zero attached hydrogens (tertiary/aromatic N) is 2. The van der Waals surface area contributed by atoms with Crippen molar-refractivity contribution in [2.75, 3.05) is 11.1 Å². The van der Waals surface area contributed by atoms with Crippen molar-refractivity contribution in [1.29, 1.82) is 0 Å². The highest BCUT2D eigenvalue weighted by molar-refractivity contribution is 7.99. The highest BCUT2D eigenvalue weighted by atomic mass is 32.2. The van der Waals surface area contributed by atoms with E-state index in [-0.39, 0.29) is 17.4 Å². The number of hydrogen-bond donors (Lipinski definition) is 2. The van der Waals surface area contributed by atoms with Gasteiger partial charge in [0.25, 0.3) is 5.22 Å². The number of rotatable bonds is 5. The van der Waals surface area contributed by atoms with Crippen molar-refractivity contribution in [3.05, 3.63) is 29.7 Å². The zero-order valence-corrected chi connectivity index (χ0v) is 12.0. The molecule has 0 saturated heterocycles. The van der Waals surface area contributed by atoms with E-state index in [1.807, 2.05) is 6.92 Å². The van der Waals surface area contributed by atoms with Crippen molar-refractivity contribution in [3.8, 4) is 5.75 Å². The molecule has 0 bridgehead atoms. The third kappa shape index (κ3) is 3.74. The van der Waals surface area contributed by atoms with Crippen LogP contribution in [0.5, 0.6) is 5.75 Å². The second-order valence-corrected chi connectivity index (χ2v) is 5.08. The lowest BCUT2D eigenvalue weighted by Gasteiger charge is -2.06. The lowest BCUT2D eigenvalue weighted by molar-refractivity contribution is -0.113. The highest BCUT2D eigenvalue weighted by Crippen LogP contribution is 2.21. The van der Waals surface area contributed by atoms with Gasteiger partial charge in [0, 0.05) is 12.1 Å². The summed E-state index contributed by atoms with van der Waals surface area (Å²) in [7, 11) is 0. The molecule has 6 nitrogen and oxygen atoms in total. The summed E-state index contributed by atoms with van der Waals surface area (Å²) in [6.45, 7) is 3.69. The maximum Gasteiger partial charge on any atom is 0.277 e. The fraction of sp³-hybridized carbons (Fsp3) is 0.308. The van der Waals surface area contributed by atoms with Gasteiger partial charge in [-0.2, -0.15) is 0 Å². The van der Waals surface area contributed by atoms with E-state index in [1.165, 1.54) is 11.8 Å². The smallest absolute Gasteiger partial charge is 0.277 e. The predicted octanol–water partition coefficient (Wildman–Crippen LogP) is 2.38. The van der Waals surface area contributed by atoms with Gasteiger partial charge >= 0.3 is 0 Å². The Morgan fingerprint density at radius 2 is 2.25 bits per heavy atom. The predicted molar refractivity (Wildman–Crippen MR) is 75.9 cm³/mol. The fourth-order valence-electron chi connectivity index (χ4n) is 1.50. The molecule has 0 atom stereocenters. The largest absolute Gasteiger partial charge is 0.508 e. The second-order valence-electron chi connectivity index (χ2n) is 4.15. The highest BCUT2D eigenvalue weighted by Gasteiger charge is 2.09. The molecule has 2 rings (SSSR count). The monoisotopic (exact) mass is 293 g/mol. The first-order valence-corrected chi connectivity index (χ1v) is 7.11. The first-order valence-electron chi connectivity index (χ1n) is 6.13. The topological polar surface area (TPSA) is 88.2 Å². The summed E-state index contributed by atoms with van der Waals surface area (Å²) in [6.07, 6.45) is 0.673. The molecule has 0 aliphatic carbocycles. The molecule has 7 heteroatoms. The van der Waals surface area contributed by atoms with Gasteiger partial charge in [-0.15, -0.1) is 10.2 Å². The quantitative estimate of drug-likeness (QED) is 0.650. The second kappa shape index (κ2) is 6.42. The number of benzene rings is 1. The number of phenols is 1. The van der Waals surface area contributed by atoms with Crippen LogP contribution in [0.15, 0.2) is 27.8 Å². The Morgan fingerprint density at radius 1 is 1.45 bits per heavy atom. The van der Waals surface area contributed by atoms with Crippen molar-refractivity contribution >= 4 is 23.4 Å². The van der Waals surface area contributed by atoms with Crippen LogP contribution in [-0.4, -0.2) is 27.0 Å². The van der Waals surface area contributed by atoms with Crippen LogP contribution < -0.4 is 5.32 Å². The maximum atomic E-state index is 11.8. The maximum absolute atomic E-state index is 11.8. The molecular formula is C13H15N3O3S. The van der Waals surface area contributed by atoms with Crippen molar-refractivity contribution in [3.63, 3.8) is 0 Å². The van der Waals surface area contributed by atoms with Crippen molar-refractivity contribution in [2.45, 2.75) is 25.5 Å². The Bertz CT molecular complexity index is 613. The van der Waals surface area contributed by atoms with Crippen LogP contribution in [0.25, 0.3) is 0 Å². The summed E-state index contributed by atoms with van der Waals surface area (Å²) in [5, 5.41) is 20.2. The van der Waals surface area contributed by atoms with Gasteiger partial charge < -0.3 is 14.8 Å². The number of aromatic nitrogens is 2. The molecule has 1 aromatic heterocycles. The minimum Gasteiger partial charge on any atom is -0.508 e. The number of thioether (sulfide) groups is 1. The molecule has 20 heavy (non-hydrogen) atoms. The summed E-state index contributed by atoms with van der Waals surface area (Å²) >= 11 is 1.19. The number of aromatic hydroxyl groups is 1. The van der Waals surface area contributed by atoms with Gasteiger partial charge in [0.05, 0.1) is 5.75 Å². The van der Waals surface area contributed by atoms with Crippen molar-refractivity contribution < 1.29 is 14.3 Å². The third-order valence-electron chi connectivity index (χ3n) is 2.56. The molecule has 1 amide bonds. The molecule has 0 aliphatic heterocycles. The summed E-state index contributed by atoms with van der Waals surface area (Å²) in [5.74, 6) is 0.777. The number of aryl methyl sites for hydroxylation is 2. The fourth-order valence-corrected chi connectivity index (χ4v) is 2.08. The van der Waals surface area contributed by atoms with Crippen LogP contribution in [0, 0.1) is 6.92 Å². The molecule has 0 saturated carbocycles.